The van der Waals surface area contributed by atoms with Crippen LogP contribution in [0.25, 0.3) is 17.1 Å². The van der Waals surface area contributed by atoms with E-state index in [1.807, 2.05) is 89.7 Å². The average Bonchev–Trinajstić information content (AvgIpc) is 3.31. The van der Waals surface area contributed by atoms with E-state index in [4.69, 9.17) is 4.74 Å². The number of hydrogen-bond acceptors (Lipinski definition) is 6. The van der Waals surface area contributed by atoms with Crippen molar-refractivity contribution in [2.75, 3.05) is 32.5 Å². The van der Waals surface area contributed by atoms with Crippen molar-refractivity contribution in [1.29, 1.82) is 0 Å². The number of carbonyl (C=O) groups excluding carboxylic acids is 2. The number of nitrogens with zero attached hydrogens (tertiary/aromatic N) is 5. The predicted molar refractivity (Wildman–Crippen MR) is 137 cm³/mol. The lowest BCUT2D eigenvalue weighted by atomic mass is 10.1. The predicted octanol–water partition coefficient (Wildman–Crippen LogP) is 3.75. The third kappa shape index (κ3) is 5.51. The molecule has 0 bridgehead atoms. The Kier molecular flexibility index (Phi) is 7.75. The van der Waals surface area contributed by atoms with Crippen molar-refractivity contribution in [1.82, 2.24) is 24.6 Å². The number of aromatic nitrogens is 3. The molecule has 0 radical (unpaired) electrons. The van der Waals surface area contributed by atoms with E-state index in [-0.39, 0.29) is 29.5 Å². The largest absolute Gasteiger partial charge is 0.497 e. The zero-order valence-corrected chi connectivity index (χ0v) is 21.4. The number of hydrogen-bond donors (Lipinski definition) is 0. The highest BCUT2D eigenvalue weighted by atomic mass is 32.2. The first-order valence-corrected chi connectivity index (χ1v) is 12.7. The molecule has 1 aliphatic heterocycles. The van der Waals surface area contributed by atoms with Crippen LogP contribution in [-0.4, -0.2) is 74.9 Å². The molecule has 35 heavy (non-hydrogen) atoms. The first kappa shape index (κ1) is 24.8. The van der Waals surface area contributed by atoms with Gasteiger partial charge >= 0.3 is 0 Å². The Morgan fingerprint density at radius 1 is 1.09 bits per heavy atom. The Morgan fingerprint density at radius 2 is 1.86 bits per heavy atom. The Morgan fingerprint density at radius 3 is 2.54 bits per heavy atom. The maximum atomic E-state index is 13.1. The molecule has 2 aromatic carbocycles. The van der Waals surface area contributed by atoms with E-state index in [1.165, 1.54) is 11.8 Å². The van der Waals surface area contributed by atoms with Crippen LogP contribution in [0, 0.1) is 5.92 Å². The van der Waals surface area contributed by atoms with Crippen LogP contribution in [-0.2, 0) is 9.59 Å². The SMILES string of the molecule is COc1cccc(-c2nnc(SCC(=O)N3CCN(C(=O)C(C)C)C(C)C3)n2-c2ccccc2)c1. The van der Waals surface area contributed by atoms with Gasteiger partial charge in [0.1, 0.15) is 5.75 Å². The van der Waals surface area contributed by atoms with Crippen molar-refractivity contribution in [2.45, 2.75) is 32.0 Å². The topological polar surface area (TPSA) is 80.6 Å². The van der Waals surface area contributed by atoms with Crippen LogP contribution in [0.3, 0.4) is 0 Å². The smallest absolute Gasteiger partial charge is 0.233 e. The number of benzene rings is 2. The fourth-order valence-corrected chi connectivity index (χ4v) is 5.04. The number of para-hydroxylation sites is 1. The van der Waals surface area contributed by atoms with Crippen LogP contribution in [0.2, 0.25) is 0 Å². The van der Waals surface area contributed by atoms with Crippen LogP contribution in [0.15, 0.2) is 59.8 Å². The van der Waals surface area contributed by atoms with E-state index >= 15 is 0 Å². The van der Waals surface area contributed by atoms with Gasteiger partial charge in [0, 0.05) is 42.8 Å². The van der Waals surface area contributed by atoms with E-state index in [0.717, 1.165) is 17.0 Å². The molecule has 2 heterocycles. The zero-order chi connectivity index (χ0) is 24.9. The molecule has 0 saturated carbocycles. The van der Waals surface area contributed by atoms with Crippen LogP contribution in [0.4, 0.5) is 0 Å². The van der Waals surface area contributed by atoms with E-state index in [9.17, 15) is 9.59 Å². The minimum atomic E-state index is -0.0432. The molecule has 1 aliphatic rings. The zero-order valence-electron chi connectivity index (χ0n) is 20.5. The van der Waals surface area contributed by atoms with Gasteiger partial charge in [0.25, 0.3) is 0 Å². The highest BCUT2D eigenvalue weighted by Crippen LogP contribution is 2.30. The average molecular weight is 494 g/mol. The lowest BCUT2D eigenvalue weighted by Crippen LogP contribution is -2.56. The molecule has 1 fully saturated rings. The summed E-state index contributed by atoms with van der Waals surface area (Å²) in [4.78, 5) is 29.2. The van der Waals surface area contributed by atoms with Gasteiger partial charge in [-0.1, -0.05) is 55.9 Å². The van der Waals surface area contributed by atoms with E-state index in [2.05, 4.69) is 10.2 Å². The standard InChI is InChI=1S/C26H31N5O3S/c1-18(2)25(33)30-14-13-29(16-19(30)3)23(32)17-35-26-28-27-24(20-9-8-12-22(15-20)34-4)31(26)21-10-6-5-7-11-21/h5-12,15,18-19H,13-14,16-17H2,1-4H3. The lowest BCUT2D eigenvalue weighted by molar-refractivity contribution is -0.143. The summed E-state index contributed by atoms with van der Waals surface area (Å²) < 4.78 is 7.35. The van der Waals surface area contributed by atoms with Crippen molar-refractivity contribution in [3.8, 4) is 22.8 Å². The Balaban J connectivity index is 1.51. The molecule has 8 nitrogen and oxygen atoms in total. The van der Waals surface area contributed by atoms with Crippen LogP contribution >= 0.6 is 11.8 Å². The second kappa shape index (κ2) is 10.9. The molecular formula is C26H31N5O3S. The third-order valence-corrected chi connectivity index (χ3v) is 6.97. The van der Waals surface area contributed by atoms with Crippen molar-refractivity contribution in [3.05, 3.63) is 54.6 Å². The molecule has 3 aromatic rings. The molecule has 0 spiro atoms. The van der Waals surface area contributed by atoms with Gasteiger partial charge < -0.3 is 14.5 Å². The normalized spacial score (nSPS) is 16.0. The quantitative estimate of drug-likeness (QED) is 0.467. The Bertz CT molecular complexity index is 1180. The summed E-state index contributed by atoms with van der Waals surface area (Å²) in [5.74, 6) is 1.79. The second-order valence-corrected chi connectivity index (χ2v) is 9.82. The monoisotopic (exact) mass is 493 g/mol. The minimum Gasteiger partial charge on any atom is -0.497 e. The van der Waals surface area contributed by atoms with E-state index < -0.39 is 0 Å². The summed E-state index contributed by atoms with van der Waals surface area (Å²) >= 11 is 1.37. The third-order valence-electron chi connectivity index (χ3n) is 6.06. The van der Waals surface area contributed by atoms with Gasteiger partial charge in [-0.25, -0.2) is 0 Å². The first-order valence-electron chi connectivity index (χ1n) is 11.8. The van der Waals surface area contributed by atoms with Crippen LogP contribution in [0.1, 0.15) is 20.8 Å². The molecule has 9 heteroatoms. The summed E-state index contributed by atoms with van der Waals surface area (Å²) in [6.07, 6.45) is 0. The molecule has 0 N–H and O–H groups in total. The number of thioether (sulfide) groups is 1. The van der Waals surface area contributed by atoms with E-state index in [1.54, 1.807) is 7.11 Å². The molecular weight excluding hydrogens is 462 g/mol. The molecule has 1 unspecified atom stereocenters. The fraction of sp³-hybridized carbons (Fsp3) is 0.385. The van der Waals surface area contributed by atoms with Gasteiger partial charge in [-0.3, -0.25) is 14.2 Å². The highest BCUT2D eigenvalue weighted by Gasteiger charge is 2.31. The van der Waals surface area contributed by atoms with Gasteiger partial charge in [0.2, 0.25) is 11.8 Å². The molecule has 1 atom stereocenters. The van der Waals surface area contributed by atoms with Crippen molar-refractivity contribution >= 4 is 23.6 Å². The number of rotatable bonds is 7. The summed E-state index contributed by atoms with van der Waals surface area (Å²) in [5, 5.41) is 9.52. The summed E-state index contributed by atoms with van der Waals surface area (Å²) in [6.45, 7) is 7.47. The van der Waals surface area contributed by atoms with Crippen molar-refractivity contribution in [3.63, 3.8) is 0 Å². The van der Waals surface area contributed by atoms with Crippen LogP contribution in [0.5, 0.6) is 5.75 Å². The Labute approximate surface area is 210 Å². The number of piperazine rings is 1. The number of amides is 2. The van der Waals surface area contributed by atoms with Gasteiger partial charge in [-0.2, -0.15) is 0 Å². The maximum Gasteiger partial charge on any atom is 0.233 e. The lowest BCUT2D eigenvalue weighted by Gasteiger charge is -2.40. The summed E-state index contributed by atoms with van der Waals surface area (Å²) in [5.41, 5.74) is 1.79. The van der Waals surface area contributed by atoms with Gasteiger partial charge in [-0.05, 0) is 31.2 Å². The van der Waals surface area contributed by atoms with Crippen molar-refractivity contribution in [2.24, 2.45) is 5.92 Å². The van der Waals surface area contributed by atoms with E-state index in [0.29, 0.717) is 30.6 Å². The maximum absolute atomic E-state index is 13.1. The van der Waals surface area contributed by atoms with Gasteiger partial charge in [0.05, 0.1) is 12.9 Å². The molecule has 1 saturated heterocycles. The molecule has 1 aromatic heterocycles. The van der Waals surface area contributed by atoms with Gasteiger partial charge in [0.15, 0.2) is 11.0 Å². The minimum absolute atomic E-state index is 0.000218. The highest BCUT2D eigenvalue weighted by molar-refractivity contribution is 7.99. The molecule has 0 aliphatic carbocycles. The Hall–Kier alpha value is -3.33. The second-order valence-electron chi connectivity index (χ2n) is 8.87. The number of carbonyl (C=O) groups is 2. The number of ether oxygens (including phenoxy) is 1. The van der Waals surface area contributed by atoms with Crippen LogP contribution < -0.4 is 4.74 Å². The fourth-order valence-electron chi connectivity index (χ4n) is 4.18. The summed E-state index contributed by atoms with van der Waals surface area (Å²) in [6, 6.07) is 17.5. The molecule has 4 rings (SSSR count). The first-order chi connectivity index (χ1) is 16.9. The summed E-state index contributed by atoms with van der Waals surface area (Å²) in [7, 11) is 1.63. The number of methoxy groups -OCH3 is 1. The molecule has 2 amide bonds. The van der Waals surface area contributed by atoms with Crippen molar-refractivity contribution < 1.29 is 14.3 Å². The van der Waals surface area contributed by atoms with Gasteiger partial charge in [-0.15, -0.1) is 10.2 Å². The molecule has 184 valence electrons.